The van der Waals surface area contributed by atoms with Gasteiger partial charge in [-0.05, 0) is 65.1 Å². The molecule has 6 atom stereocenters. The average Bonchev–Trinajstić information content (AvgIpc) is 3.63. The molecule has 0 saturated heterocycles. The molecule has 0 fully saturated rings. The second-order valence-corrected chi connectivity index (χ2v) is 15.5. The van der Waals surface area contributed by atoms with Gasteiger partial charge in [-0.2, -0.15) is 0 Å². The highest BCUT2D eigenvalue weighted by molar-refractivity contribution is 6.22. The fourth-order valence-electron chi connectivity index (χ4n) is 7.16. The van der Waals surface area contributed by atoms with Crippen molar-refractivity contribution in [1.29, 1.82) is 0 Å². The van der Waals surface area contributed by atoms with Crippen LogP contribution in [0.3, 0.4) is 0 Å². The molecule has 3 aromatic carbocycles. The number of nitrogens with two attached hydrogens (primary N) is 3. The number of hydrogen-bond donors (Lipinski definition) is 3. The quantitative estimate of drug-likeness (QED) is 0.0514. The Morgan fingerprint density at radius 2 is 1.08 bits per heavy atom. The second kappa shape index (κ2) is 18.2. The molecule has 0 aliphatic carbocycles. The van der Waals surface area contributed by atoms with Crippen molar-refractivity contribution >= 4 is 56.1 Å². The van der Waals surface area contributed by atoms with Gasteiger partial charge in [0, 0.05) is 34.0 Å². The number of esters is 3. The molecule has 0 aliphatic heterocycles. The van der Waals surface area contributed by atoms with Crippen molar-refractivity contribution in [3.8, 4) is 45.6 Å². The number of benzene rings is 3. The predicted octanol–water partition coefficient (Wildman–Crippen LogP) is 6.88. The van der Waals surface area contributed by atoms with Crippen molar-refractivity contribution in [3.63, 3.8) is 0 Å². The summed E-state index contributed by atoms with van der Waals surface area (Å²) in [6, 6.07) is 10.6. The predicted molar refractivity (Wildman–Crippen MR) is 233 cm³/mol. The molecule has 0 amide bonds. The third-order valence-corrected chi connectivity index (χ3v) is 11.8. The molecule has 3 aromatic heterocycles. The van der Waals surface area contributed by atoms with Crippen LogP contribution in [-0.2, 0) is 14.4 Å². The zero-order chi connectivity index (χ0) is 44.4. The minimum absolute atomic E-state index is 0.0142. The van der Waals surface area contributed by atoms with E-state index in [9.17, 15) is 19.2 Å². The summed E-state index contributed by atoms with van der Waals surface area (Å²) in [5.74, 6) is -1.34. The minimum Gasteiger partial charge on any atom is -0.493 e. The molecule has 6 aromatic rings. The molecule has 0 saturated carbocycles. The van der Waals surface area contributed by atoms with E-state index in [1.54, 1.807) is 53.1 Å². The van der Waals surface area contributed by atoms with E-state index in [0.717, 1.165) is 0 Å². The zero-order valence-corrected chi connectivity index (χ0v) is 36.0. The number of aromatic nitrogens is 1. The van der Waals surface area contributed by atoms with Crippen molar-refractivity contribution in [2.75, 3.05) is 21.3 Å². The summed E-state index contributed by atoms with van der Waals surface area (Å²) in [5.41, 5.74) is 19.8. The number of carbonyl (C=O) groups is 3. The summed E-state index contributed by atoms with van der Waals surface area (Å²) >= 11 is 0. The van der Waals surface area contributed by atoms with Gasteiger partial charge in [0.1, 0.15) is 29.2 Å². The summed E-state index contributed by atoms with van der Waals surface area (Å²) in [6.45, 7) is 11.4. The second-order valence-electron chi connectivity index (χ2n) is 15.5. The number of hydrogen-bond acceptors (Lipinski definition) is 14. The van der Waals surface area contributed by atoms with Gasteiger partial charge >= 0.3 is 23.5 Å². The van der Waals surface area contributed by atoms with Crippen molar-refractivity contribution in [1.82, 2.24) is 4.40 Å². The smallest absolute Gasteiger partial charge is 0.361 e. The number of methoxy groups -OCH3 is 3. The summed E-state index contributed by atoms with van der Waals surface area (Å²) in [5, 5.41) is 2.13. The number of pyridine rings is 1. The molecule has 61 heavy (non-hydrogen) atoms. The first-order chi connectivity index (χ1) is 29.1. The van der Waals surface area contributed by atoms with Crippen molar-refractivity contribution < 1.29 is 47.2 Å². The van der Waals surface area contributed by atoms with E-state index in [2.05, 4.69) is 0 Å². The number of carbonyl (C=O) groups excluding carboxylic acids is 3. The number of fused-ring (bicyclic) bond motifs is 7. The third kappa shape index (κ3) is 8.32. The van der Waals surface area contributed by atoms with Crippen LogP contribution in [0.2, 0.25) is 0 Å². The lowest BCUT2D eigenvalue weighted by Crippen LogP contribution is -2.39. The lowest BCUT2D eigenvalue weighted by Gasteiger charge is -2.18. The van der Waals surface area contributed by atoms with Crippen LogP contribution in [0.4, 0.5) is 0 Å². The third-order valence-electron chi connectivity index (χ3n) is 11.8. The molecule has 324 valence electrons. The minimum atomic E-state index is -0.905. The van der Waals surface area contributed by atoms with Crippen LogP contribution in [-0.4, -0.2) is 61.8 Å². The number of ether oxygens (including phenoxy) is 6. The molecular formula is C46H54N4O11. The van der Waals surface area contributed by atoms with E-state index in [1.807, 2.05) is 41.5 Å². The van der Waals surface area contributed by atoms with Gasteiger partial charge in [0.2, 0.25) is 0 Å². The Labute approximate surface area is 352 Å². The first kappa shape index (κ1) is 44.4. The molecule has 3 heterocycles. The van der Waals surface area contributed by atoms with Crippen LogP contribution in [0.25, 0.3) is 49.3 Å². The molecule has 0 radical (unpaired) electrons. The van der Waals surface area contributed by atoms with Gasteiger partial charge in [-0.15, -0.1) is 0 Å². The molecular weight excluding hydrogens is 785 g/mol. The van der Waals surface area contributed by atoms with E-state index in [1.165, 1.54) is 27.4 Å². The lowest BCUT2D eigenvalue weighted by atomic mass is 9.97. The Morgan fingerprint density at radius 1 is 0.607 bits per heavy atom. The van der Waals surface area contributed by atoms with Gasteiger partial charge in [0.05, 0.1) is 26.8 Å². The summed E-state index contributed by atoms with van der Waals surface area (Å²) in [7, 11) is 4.33. The van der Waals surface area contributed by atoms with E-state index in [-0.39, 0.29) is 63.4 Å². The highest BCUT2D eigenvalue weighted by atomic mass is 16.6. The normalized spacial score (nSPS) is 14.6. The first-order valence-corrected chi connectivity index (χ1v) is 20.4. The van der Waals surface area contributed by atoms with E-state index in [0.29, 0.717) is 57.5 Å². The molecule has 0 bridgehead atoms. The average molecular weight is 839 g/mol. The maximum Gasteiger partial charge on any atom is 0.361 e. The van der Waals surface area contributed by atoms with Crippen LogP contribution in [0.1, 0.15) is 60.8 Å². The SMILES string of the molecule is CC[C@H](C)[C@H](N)C(=O)Oc1ccc(-c2c3c4cc(OC)c(OC(=O)[C@@H](N)[C@@H](C)CC)cc4oc(=O)c3n3ccc4cc(OC(=O)[C@@H](N)[C@@H](C)CC)c(OC)cc4c23)cc1OC. The highest BCUT2D eigenvalue weighted by Gasteiger charge is 2.29. The molecule has 0 spiro atoms. The summed E-state index contributed by atoms with van der Waals surface area (Å²) in [4.78, 5) is 53.7. The largest absolute Gasteiger partial charge is 0.493 e. The van der Waals surface area contributed by atoms with Crippen molar-refractivity contribution in [3.05, 3.63) is 65.1 Å². The Kier molecular flexibility index (Phi) is 13.3. The van der Waals surface area contributed by atoms with Gasteiger partial charge in [-0.1, -0.05) is 66.9 Å². The standard InChI is InChI=1S/C46H54N4O11/c1-10-22(4)38(47)43(51)58-29-14-13-26(18-31(29)55-7)36-37-28-20-33(57-9)35(61-45(53)40(49)24(6)12-3)21-30(28)59-46(54)42(37)50-16-15-25-17-34(32(56-8)19-27(25)41(36)50)60-44(52)39(48)23(5)11-2/h13-24,38-40H,10-12,47-49H2,1-9H3/t22-,23-,24-,38-,39-,40-/m0/s1. The van der Waals surface area contributed by atoms with Gasteiger partial charge in [0.25, 0.3) is 0 Å². The number of rotatable bonds is 16. The van der Waals surface area contributed by atoms with Crippen LogP contribution >= 0.6 is 0 Å². The van der Waals surface area contributed by atoms with E-state index in [4.69, 9.17) is 50.0 Å². The molecule has 6 N–H and O–H groups in total. The monoisotopic (exact) mass is 838 g/mol. The van der Waals surface area contributed by atoms with Crippen LogP contribution in [0.5, 0.6) is 34.5 Å². The maximum atomic E-state index is 14.3. The fraction of sp³-hybridized carbons (Fsp3) is 0.391. The van der Waals surface area contributed by atoms with Crippen molar-refractivity contribution in [2.24, 2.45) is 35.0 Å². The zero-order valence-electron chi connectivity index (χ0n) is 36.0. The topological polar surface area (TPSA) is 219 Å². The van der Waals surface area contributed by atoms with Crippen molar-refractivity contribution in [2.45, 2.75) is 78.9 Å². The summed E-state index contributed by atoms with van der Waals surface area (Å²) in [6.07, 6.45) is 3.73. The first-order valence-electron chi connectivity index (χ1n) is 20.4. The molecule has 15 nitrogen and oxygen atoms in total. The van der Waals surface area contributed by atoms with Crippen LogP contribution < -0.4 is 51.2 Å². The fourth-order valence-corrected chi connectivity index (χ4v) is 7.16. The molecule has 15 heteroatoms. The van der Waals surface area contributed by atoms with Crippen LogP contribution in [0.15, 0.2) is 63.9 Å². The molecule has 6 rings (SSSR count). The molecule has 0 unspecified atom stereocenters. The van der Waals surface area contributed by atoms with E-state index >= 15 is 0 Å². The van der Waals surface area contributed by atoms with Gasteiger partial charge in [-0.3, -0.25) is 0 Å². The van der Waals surface area contributed by atoms with E-state index < -0.39 is 41.7 Å². The van der Waals surface area contributed by atoms with Crippen LogP contribution in [0, 0.1) is 17.8 Å². The lowest BCUT2D eigenvalue weighted by molar-refractivity contribution is -0.138. The maximum absolute atomic E-state index is 14.3. The Hall–Kier alpha value is -6.16. The Morgan fingerprint density at radius 3 is 1.59 bits per heavy atom. The summed E-state index contributed by atoms with van der Waals surface area (Å²) < 4.78 is 42.3. The number of nitrogens with zero attached hydrogens (tertiary/aromatic N) is 1. The Bertz CT molecular complexity index is 2700. The Balaban J connectivity index is 1.66. The molecule has 0 aliphatic rings. The van der Waals surface area contributed by atoms with Gasteiger partial charge < -0.3 is 54.4 Å². The highest BCUT2D eigenvalue weighted by Crippen LogP contribution is 2.46. The van der Waals surface area contributed by atoms with Gasteiger partial charge in [0.15, 0.2) is 34.5 Å². The van der Waals surface area contributed by atoms with Gasteiger partial charge in [-0.25, -0.2) is 19.2 Å².